The normalized spacial score (nSPS) is 27.7. The maximum absolute atomic E-state index is 12.4. The van der Waals surface area contributed by atoms with E-state index >= 15 is 0 Å². The van der Waals surface area contributed by atoms with Crippen molar-refractivity contribution in [1.29, 1.82) is 0 Å². The lowest BCUT2D eigenvalue weighted by Crippen LogP contribution is -2.46. The molecule has 8 nitrogen and oxygen atoms in total. The van der Waals surface area contributed by atoms with Crippen LogP contribution in [0.1, 0.15) is 32.1 Å². The van der Waals surface area contributed by atoms with Gasteiger partial charge in [0.05, 0.1) is 24.2 Å². The van der Waals surface area contributed by atoms with Crippen LogP contribution >= 0.6 is 0 Å². The predicted molar refractivity (Wildman–Crippen MR) is 107 cm³/mol. The highest BCUT2D eigenvalue weighted by atomic mass is 32.2. The molecule has 1 saturated heterocycles. The summed E-state index contributed by atoms with van der Waals surface area (Å²) >= 11 is 0. The van der Waals surface area contributed by atoms with Gasteiger partial charge in [0.25, 0.3) is 0 Å². The van der Waals surface area contributed by atoms with Crippen LogP contribution in [-0.4, -0.2) is 69.3 Å². The van der Waals surface area contributed by atoms with Crippen LogP contribution in [0.5, 0.6) is 17.2 Å². The second-order valence-electron chi connectivity index (χ2n) is 8.15. The van der Waals surface area contributed by atoms with Crippen molar-refractivity contribution >= 4 is 15.7 Å². The molecule has 0 aromatic heterocycles. The molecule has 1 aliphatic carbocycles. The van der Waals surface area contributed by atoms with E-state index in [0.29, 0.717) is 12.2 Å². The molecule has 1 aromatic carbocycles. The highest BCUT2D eigenvalue weighted by Crippen LogP contribution is 2.36. The Morgan fingerprint density at radius 2 is 1.93 bits per heavy atom. The van der Waals surface area contributed by atoms with Crippen LogP contribution in [-0.2, 0) is 14.6 Å². The number of benzene rings is 1. The van der Waals surface area contributed by atoms with E-state index in [9.17, 15) is 13.2 Å². The summed E-state index contributed by atoms with van der Waals surface area (Å²) in [4.78, 5) is 14.2. The van der Waals surface area contributed by atoms with Crippen LogP contribution in [0.25, 0.3) is 0 Å². The minimum atomic E-state index is -2.94. The van der Waals surface area contributed by atoms with Crippen LogP contribution in [0.3, 0.4) is 0 Å². The highest BCUT2D eigenvalue weighted by molar-refractivity contribution is 7.91. The van der Waals surface area contributed by atoms with E-state index in [2.05, 4.69) is 5.32 Å². The number of rotatable bonds is 6. The largest absolute Gasteiger partial charge is 0.490 e. The fraction of sp³-hybridized carbons (Fsp3) is 0.650. The summed E-state index contributed by atoms with van der Waals surface area (Å²) in [5, 5.41) is 3.09. The number of fused-ring (bicyclic) bond motifs is 1. The molecule has 1 unspecified atom stereocenters. The smallest absolute Gasteiger partial charge is 0.234 e. The van der Waals surface area contributed by atoms with Gasteiger partial charge in [0.15, 0.2) is 21.3 Å². The van der Waals surface area contributed by atoms with E-state index in [1.165, 1.54) is 0 Å². The van der Waals surface area contributed by atoms with Gasteiger partial charge in [-0.3, -0.25) is 9.69 Å². The first-order valence-corrected chi connectivity index (χ1v) is 12.0. The molecule has 1 amide bonds. The number of ether oxygens (including phenoxy) is 3. The average molecular weight is 425 g/mol. The Morgan fingerprint density at radius 3 is 2.66 bits per heavy atom. The fourth-order valence-corrected chi connectivity index (χ4v) is 6.02. The Morgan fingerprint density at radius 1 is 1.17 bits per heavy atom. The van der Waals surface area contributed by atoms with Crippen molar-refractivity contribution in [3.05, 3.63) is 18.2 Å². The number of sulfone groups is 1. The summed E-state index contributed by atoms with van der Waals surface area (Å²) in [7, 11) is -1.12. The van der Waals surface area contributed by atoms with Crippen molar-refractivity contribution < 1.29 is 27.4 Å². The van der Waals surface area contributed by atoms with Gasteiger partial charge in [0.2, 0.25) is 12.7 Å². The summed E-state index contributed by atoms with van der Waals surface area (Å²) < 4.78 is 40.0. The van der Waals surface area contributed by atoms with E-state index < -0.39 is 9.84 Å². The molecule has 2 fully saturated rings. The molecule has 2 aliphatic heterocycles. The lowest BCUT2D eigenvalue weighted by Gasteiger charge is -2.30. The van der Waals surface area contributed by atoms with Gasteiger partial charge in [-0.15, -0.1) is 0 Å². The molecule has 29 heavy (non-hydrogen) atoms. The van der Waals surface area contributed by atoms with Gasteiger partial charge in [-0.05, 0) is 51.3 Å². The predicted octanol–water partition coefficient (Wildman–Crippen LogP) is 1.34. The van der Waals surface area contributed by atoms with E-state index in [4.69, 9.17) is 14.2 Å². The number of nitrogens with one attached hydrogen (secondary N) is 1. The van der Waals surface area contributed by atoms with E-state index in [-0.39, 0.29) is 48.9 Å². The molecule has 1 N–H and O–H groups in total. The van der Waals surface area contributed by atoms with Crippen molar-refractivity contribution in [1.82, 2.24) is 10.2 Å². The van der Waals surface area contributed by atoms with Crippen molar-refractivity contribution in [2.75, 3.05) is 31.9 Å². The molecular formula is C20H28N2O6S. The van der Waals surface area contributed by atoms with Crippen LogP contribution in [0.15, 0.2) is 18.2 Å². The number of amides is 1. The van der Waals surface area contributed by atoms with Crippen molar-refractivity contribution in [3.8, 4) is 17.2 Å². The first-order chi connectivity index (χ1) is 13.9. The topological polar surface area (TPSA) is 94.2 Å². The molecule has 1 atom stereocenters. The Labute approximate surface area is 171 Å². The quantitative estimate of drug-likeness (QED) is 0.736. The van der Waals surface area contributed by atoms with Gasteiger partial charge in [0.1, 0.15) is 5.75 Å². The number of likely N-dealkylation sites (N-methyl/N-ethyl adjacent to an activating group) is 1. The minimum Gasteiger partial charge on any atom is -0.490 e. The van der Waals surface area contributed by atoms with Crippen molar-refractivity contribution in [2.45, 2.75) is 50.3 Å². The summed E-state index contributed by atoms with van der Waals surface area (Å²) in [6.45, 7) is 0.475. The molecule has 0 spiro atoms. The van der Waals surface area contributed by atoms with E-state index in [1.54, 1.807) is 0 Å². The van der Waals surface area contributed by atoms with Gasteiger partial charge < -0.3 is 19.5 Å². The summed E-state index contributed by atoms with van der Waals surface area (Å²) in [5.41, 5.74) is 0. The van der Waals surface area contributed by atoms with Gasteiger partial charge in [-0.2, -0.15) is 0 Å². The first kappa shape index (κ1) is 20.3. The number of carbonyl (C=O) groups is 1. The third-order valence-corrected chi connectivity index (χ3v) is 7.66. The zero-order chi connectivity index (χ0) is 20.4. The van der Waals surface area contributed by atoms with Crippen molar-refractivity contribution in [2.24, 2.45) is 0 Å². The molecule has 1 saturated carbocycles. The van der Waals surface area contributed by atoms with Crippen molar-refractivity contribution in [3.63, 3.8) is 0 Å². The minimum absolute atomic E-state index is 0.0445. The molecule has 3 aliphatic rings. The zero-order valence-corrected chi connectivity index (χ0v) is 17.4. The van der Waals surface area contributed by atoms with E-state index in [0.717, 1.165) is 37.2 Å². The number of hydrogen-bond acceptors (Lipinski definition) is 7. The Kier molecular flexibility index (Phi) is 5.87. The van der Waals surface area contributed by atoms with E-state index in [1.807, 2.05) is 30.1 Å². The molecule has 4 rings (SSSR count). The lowest BCUT2D eigenvalue weighted by atomic mass is 9.93. The Bertz CT molecular complexity index is 851. The Balaban J connectivity index is 1.19. The highest BCUT2D eigenvalue weighted by Gasteiger charge is 2.32. The third-order valence-electron chi connectivity index (χ3n) is 5.91. The van der Waals surface area contributed by atoms with Gasteiger partial charge >= 0.3 is 0 Å². The molecule has 1 aromatic rings. The SMILES string of the molecule is CN(CC(=O)NC1CCC(Oc2ccc3c(c2)OCO3)CC1)C1CCS(=O)(=O)C1. The van der Waals surface area contributed by atoms with Gasteiger partial charge in [-0.25, -0.2) is 8.42 Å². The second-order valence-corrected chi connectivity index (χ2v) is 10.4. The lowest BCUT2D eigenvalue weighted by molar-refractivity contribution is -0.123. The fourth-order valence-electron chi connectivity index (χ4n) is 4.22. The molecule has 0 bridgehead atoms. The van der Waals surface area contributed by atoms with Gasteiger partial charge in [0, 0.05) is 18.2 Å². The van der Waals surface area contributed by atoms with Crippen LogP contribution in [0.2, 0.25) is 0 Å². The summed E-state index contributed by atoms with van der Waals surface area (Å²) in [6.07, 6.45) is 4.20. The standard InChI is InChI=1S/C20H28N2O6S/c1-22(15-8-9-29(24,25)12-15)11-20(23)21-14-2-4-16(5-3-14)28-17-6-7-18-19(10-17)27-13-26-18/h6-7,10,14-16H,2-5,8-9,11-13H2,1H3,(H,21,23). The Hall–Kier alpha value is -2.00. The number of carbonyl (C=O) groups excluding carboxylic acids is 1. The maximum Gasteiger partial charge on any atom is 0.234 e. The molecule has 160 valence electrons. The maximum atomic E-state index is 12.4. The summed E-state index contributed by atoms with van der Waals surface area (Å²) in [5.74, 6) is 2.55. The average Bonchev–Trinajstić information content (AvgIpc) is 3.28. The molecule has 2 heterocycles. The first-order valence-electron chi connectivity index (χ1n) is 10.1. The second kappa shape index (κ2) is 8.39. The molecular weight excluding hydrogens is 396 g/mol. The molecule has 9 heteroatoms. The molecule has 0 radical (unpaired) electrons. The number of nitrogens with zero attached hydrogens (tertiary/aromatic N) is 1. The third kappa shape index (κ3) is 5.14. The van der Waals surface area contributed by atoms with Gasteiger partial charge in [-0.1, -0.05) is 0 Å². The summed E-state index contributed by atoms with van der Waals surface area (Å²) in [6, 6.07) is 5.68. The van der Waals surface area contributed by atoms with Crippen LogP contribution in [0, 0.1) is 0 Å². The zero-order valence-electron chi connectivity index (χ0n) is 16.6. The van der Waals surface area contributed by atoms with Crippen LogP contribution < -0.4 is 19.5 Å². The monoisotopic (exact) mass is 424 g/mol. The number of hydrogen-bond donors (Lipinski definition) is 1. The van der Waals surface area contributed by atoms with Crippen LogP contribution in [0.4, 0.5) is 0 Å².